The van der Waals surface area contributed by atoms with E-state index in [1.165, 1.54) is 6.20 Å². The number of carbonyl (C=O) groups is 1. The lowest BCUT2D eigenvalue weighted by Crippen LogP contribution is -2.25. The lowest BCUT2D eigenvalue weighted by molar-refractivity contribution is 0.0996. The molecule has 1 aromatic rings. The Hall–Kier alpha value is -1.62. The molecule has 80 valence electrons. The number of nitrogens with zero attached hydrogens (tertiary/aromatic N) is 2. The average Bonchev–Trinajstić information content (AvgIpc) is 2.65. The lowest BCUT2D eigenvalue weighted by Gasteiger charge is -2.19. The Morgan fingerprint density at radius 3 is 3.07 bits per heavy atom. The number of primary amides is 1. The van der Waals surface area contributed by atoms with Crippen molar-refractivity contribution in [3.8, 4) is 0 Å². The molecular weight excluding hydrogens is 194 g/mol. The van der Waals surface area contributed by atoms with Gasteiger partial charge in [0.15, 0.2) is 5.69 Å². The minimum absolute atomic E-state index is 0.270. The molecular formula is C10H13N3O2. The van der Waals surface area contributed by atoms with Crippen LogP contribution in [-0.2, 0) is 0 Å². The normalized spacial score (nSPS) is 20.6. The number of aliphatic hydroxyl groups excluding tert-OH is 1. The molecule has 0 radical (unpaired) electrons. The summed E-state index contributed by atoms with van der Waals surface area (Å²) in [4.78, 5) is 17.0. The first-order chi connectivity index (χ1) is 7.18. The van der Waals surface area contributed by atoms with Gasteiger partial charge in [0.25, 0.3) is 5.91 Å². The topological polar surface area (TPSA) is 79.5 Å². The predicted octanol–water partition coefficient (Wildman–Crippen LogP) is -0.249. The third-order valence-electron chi connectivity index (χ3n) is 2.52. The molecule has 5 nitrogen and oxygen atoms in total. The van der Waals surface area contributed by atoms with Gasteiger partial charge in [-0.2, -0.15) is 0 Å². The number of pyridine rings is 1. The zero-order chi connectivity index (χ0) is 10.8. The van der Waals surface area contributed by atoms with Gasteiger partial charge in [-0.25, -0.2) is 4.98 Å². The predicted molar refractivity (Wildman–Crippen MR) is 55.6 cm³/mol. The van der Waals surface area contributed by atoms with Crippen LogP contribution in [0.25, 0.3) is 0 Å². The smallest absolute Gasteiger partial charge is 0.269 e. The third-order valence-corrected chi connectivity index (χ3v) is 2.52. The van der Waals surface area contributed by atoms with E-state index in [-0.39, 0.29) is 11.8 Å². The van der Waals surface area contributed by atoms with Gasteiger partial charge in [0.05, 0.1) is 11.8 Å². The maximum atomic E-state index is 11.1. The standard InChI is InChI=1S/C10H13N3O2/c11-10(15)9-8(2-1-4-12-9)13-5-3-7(14)6-13/h1-2,4,7,14H,3,5-6H2,(H2,11,15). The summed E-state index contributed by atoms with van der Waals surface area (Å²) in [5, 5.41) is 9.41. The monoisotopic (exact) mass is 207 g/mol. The van der Waals surface area contributed by atoms with Gasteiger partial charge in [0.2, 0.25) is 0 Å². The van der Waals surface area contributed by atoms with Crippen molar-refractivity contribution in [2.75, 3.05) is 18.0 Å². The molecule has 1 aromatic heterocycles. The summed E-state index contributed by atoms with van der Waals surface area (Å²) >= 11 is 0. The van der Waals surface area contributed by atoms with Crippen LogP contribution in [-0.4, -0.2) is 35.2 Å². The molecule has 1 atom stereocenters. The van der Waals surface area contributed by atoms with Crippen molar-refractivity contribution in [1.29, 1.82) is 0 Å². The number of hydrogen-bond acceptors (Lipinski definition) is 4. The maximum absolute atomic E-state index is 11.1. The minimum atomic E-state index is -0.535. The molecule has 0 spiro atoms. The Labute approximate surface area is 87.5 Å². The molecule has 0 saturated carbocycles. The van der Waals surface area contributed by atoms with Crippen molar-refractivity contribution in [2.45, 2.75) is 12.5 Å². The van der Waals surface area contributed by atoms with Crippen LogP contribution in [0.3, 0.4) is 0 Å². The van der Waals surface area contributed by atoms with Crippen molar-refractivity contribution in [3.63, 3.8) is 0 Å². The van der Waals surface area contributed by atoms with Gasteiger partial charge in [-0.3, -0.25) is 4.79 Å². The summed E-state index contributed by atoms with van der Waals surface area (Å²) in [5.41, 5.74) is 6.21. The molecule has 15 heavy (non-hydrogen) atoms. The number of aliphatic hydroxyl groups is 1. The molecule has 1 saturated heterocycles. The van der Waals surface area contributed by atoms with E-state index in [4.69, 9.17) is 5.73 Å². The molecule has 1 aliphatic heterocycles. The molecule has 0 aliphatic carbocycles. The molecule has 1 unspecified atom stereocenters. The van der Waals surface area contributed by atoms with Crippen LogP contribution in [0.5, 0.6) is 0 Å². The van der Waals surface area contributed by atoms with Crippen molar-refractivity contribution in [2.24, 2.45) is 5.73 Å². The first-order valence-electron chi connectivity index (χ1n) is 4.86. The summed E-state index contributed by atoms with van der Waals surface area (Å²) in [6.45, 7) is 1.26. The van der Waals surface area contributed by atoms with Gasteiger partial charge in [-0.15, -0.1) is 0 Å². The molecule has 1 aliphatic rings. The summed E-state index contributed by atoms with van der Waals surface area (Å²) in [5.74, 6) is -0.535. The van der Waals surface area contributed by atoms with Gasteiger partial charge < -0.3 is 15.7 Å². The highest BCUT2D eigenvalue weighted by atomic mass is 16.3. The Kier molecular flexibility index (Phi) is 2.55. The van der Waals surface area contributed by atoms with Crippen LogP contribution in [0.15, 0.2) is 18.3 Å². The fraction of sp³-hybridized carbons (Fsp3) is 0.400. The minimum Gasteiger partial charge on any atom is -0.391 e. The molecule has 1 amide bonds. The number of aromatic nitrogens is 1. The second-order valence-electron chi connectivity index (χ2n) is 3.62. The second kappa shape index (κ2) is 3.86. The van der Waals surface area contributed by atoms with Crippen LogP contribution in [0, 0.1) is 0 Å². The van der Waals surface area contributed by atoms with E-state index < -0.39 is 5.91 Å². The van der Waals surface area contributed by atoms with Crippen molar-refractivity contribution in [3.05, 3.63) is 24.0 Å². The van der Waals surface area contributed by atoms with E-state index in [9.17, 15) is 9.90 Å². The highest BCUT2D eigenvalue weighted by molar-refractivity contribution is 5.96. The van der Waals surface area contributed by atoms with Crippen LogP contribution >= 0.6 is 0 Å². The Bertz CT molecular complexity index is 381. The van der Waals surface area contributed by atoms with E-state index in [1.54, 1.807) is 12.1 Å². The summed E-state index contributed by atoms with van der Waals surface area (Å²) in [6, 6.07) is 3.55. The molecule has 1 fully saturated rings. The van der Waals surface area contributed by atoms with E-state index in [1.807, 2.05) is 4.90 Å². The van der Waals surface area contributed by atoms with Crippen LogP contribution in [0.1, 0.15) is 16.9 Å². The summed E-state index contributed by atoms with van der Waals surface area (Å²) < 4.78 is 0. The van der Waals surface area contributed by atoms with Gasteiger partial charge in [-0.1, -0.05) is 0 Å². The lowest BCUT2D eigenvalue weighted by atomic mass is 10.2. The molecule has 2 heterocycles. The fourth-order valence-electron chi connectivity index (χ4n) is 1.80. The van der Waals surface area contributed by atoms with E-state index in [2.05, 4.69) is 4.98 Å². The molecule has 0 bridgehead atoms. The van der Waals surface area contributed by atoms with E-state index in [0.717, 1.165) is 6.54 Å². The number of hydrogen-bond donors (Lipinski definition) is 2. The average molecular weight is 207 g/mol. The number of amides is 1. The van der Waals surface area contributed by atoms with Crippen molar-refractivity contribution in [1.82, 2.24) is 4.98 Å². The van der Waals surface area contributed by atoms with Crippen molar-refractivity contribution < 1.29 is 9.90 Å². The number of carbonyl (C=O) groups excluding carboxylic acids is 1. The maximum Gasteiger partial charge on any atom is 0.269 e. The van der Waals surface area contributed by atoms with Gasteiger partial charge in [0, 0.05) is 19.3 Å². The van der Waals surface area contributed by atoms with Crippen molar-refractivity contribution >= 4 is 11.6 Å². The summed E-state index contributed by atoms with van der Waals surface area (Å²) in [6.07, 6.45) is 1.93. The molecule has 0 aromatic carbocycles. The first kappa shape index (κ1) is 9.92. The quantitative estimate of drug-likeness (QED) is 0.701. The summed E-state index contributed by atoms with van der Waals surface area (Å²) in [7, 11) is 0. The highest BCUT2D eigenvalue weighted by Crippen LogP contribution is 2.22. The van der Waals surface area contributed by atoms with Crippen LogP contribution < -0.4 is 10.6 Å². The van der Waals surface area contributed by atoms with Gasteiger partial charge in [0.1, 0.15) is 0 Å². The zero-order valence-electron chi connectivity index (χ0n) is 8.26. The van der Waals surface area contributed by atoms with E-state index in [0.29, 0.717) is 18.7 Å². The Morgan fingerprint density at radius 1 is 1.67 bits per heavy atom. The Morgan fingerprint density at radius 2 is 2.47 bits per heavy atom. The Balaban J connectivity index is 2.31. The third kappa shape index (κ3) is 1.92. The van der Waals surface area contributed by atoms with Crippen LogP contribution in [0.2, 0.25) is 0 Å². The second-order valence-corrected chi connectivity index (χ2v) is 3.62. The largest absolute Gasteiger partial charge is 0.391 e. The number of β-amino-alcohol motifs (C(OH)–C–C–N with tert-alkyl or cyclic N) is 1. The van der Waals surface area contributed by atoms with Crippen LogP contribution in [0.4, 0.5) is 5.69 Å². The highest BCUT2D eigenvalue weighted by Gasteiger charge is 2.23. The fourth-order valence-corrected chi connectivity index (χ4v) is 1.80. The zero-order valence-corrected chi connectivity index (χ0v) is 8.26. The number of rotatable bonds is 2. The molecule has 3 N–H and O–H groups in total. The molecule has 5 heteroatoms. The number of anilines is 1. The number of nitrogens with two attached hydrogens (primary N) is 1. The molecule has 2 rings (SSSR count). The van der Waals surface area contributed by atoms with Gasteiger partial charge >= 0.3 is 0 Å². The van der Waals surface area contributed by atoms with Gasteiger partial charge in [-0.05, 0) is 18.6 Å². The van der Waals surface area contributed by atoms with E-state index >= 15 is 0 Å². The first-order valence-corrected chi connectivity index (χ1v) is 4.86. The SMILES string of the molecule is NC(=O)c1ncccc1N1CCC(O)C1.